The molecule has 18 heavy (non-hydrogen) atoms. The largest absolute Gasteiger partial charge is 0.337 e. The van der Waals surface area contributed by atoms with E-state index in [4.69, 9.17) is 5.73 Å². The summed E-state index contributed by atoms with van der Waals surface area (Å²) in [5.74, 6) is 2.77. The highest BCUT2D eigenvalue weighted by atomic mass is 15.1. The van der Waals surface area contributed by atoms with Gasteiger partial charge in [-0.3, -0.25) is 4.90 Å². The lowest BCUT2D eigenvalue weighted by Gasteiger charge is -2.30. The highest BCUT2D eigenvalue weighted by Gasteiger charge is 2.21. The van der Waals surface area contributed by atoms with E-state index < -0.39 is 0 Å². The zero-order chi connectivity index (χ0) is 13.0. The average molecular weight is 250 g/mol. The lowest BCUT2D eigenvalue weighted by molar-refractivity contribution is 0.198. The maximum absolute atomic E-state index is 5.74. The van der Waals surface area contributed by atoms with E-state index in [1.807, 2.05) is 12.4 Å². The molecule has 0 saturated heterocycles. The predicted molar refractivity (Wildman–Crippen MR) is 74.0 cm³/mol. The van der Waals surface area contributed by atoms with Crippen LogP contribution in [0.15, 0.2) is 12.4 Å². The third-order valence-electron chi connectivity index (χ3n) is 4.20. The number of aryl methyl sites for hydroxylation is 1. The van der Waals surface area contributed by atoms with E-state index in [2.05, 4.69) is 28.5 Å². The second-order valence-electron chi connectivity index (χ2n) is 5.77. The van der Waals surface area contributed by atoms with Crippen molar-refractivity contribution in [3.63, 3.8) is 0 Å². The first-order chi connectivity index (χ1) is 8.69. The minimum atomic E-state index is 0.779. The van der Waals surface area contributed by atoms with Gasteiger partial charge in [-0.15, -0.1) is 0 Å². The summed E-state index contributed by atoms with van der Waals surface area (Å²) in [5, 5.41) is 0. The molecule has 1 aliphatic rings. The van der Waals surface area contributed by atoms with Crippen LogP contribution < -0.4 is 5.73 Å². The molecule has 0 amide bonds. The van der Waals surface area contributed by atoms with E-state index in [1.54, 1.807) is 0 Å². The Morgan fingerprint density at radius 2 is 2.00 bits per heavy atom. The second kappa shape index (κ2) is 6.34. The van der Waals surface area contributed by atoms with Gasteiger partial charge in [0.1, 0.15) is 5.82 Å². The van der Waals surface area contributed by atoms with Crippen molar-refractivity contribution in [2.45, 2.75) is 32.2 Å². The van der Waals surface area contributed by atoms with Gasteiger partial charge in [-0.1, -0.05) is 0 Å². The first-order valence-electron chi connectivity index (χ1n) is 7.04. The van der Waals surface area contributed by atoms with Crippen molar-refractivity contribution in [1.82, 2.24) is 14.5 Å². The minimum Gasteiger partial charge on any atom is -0.337 e. The van der Waals surface area contributed by atoms with Crippen LogP contribution in [0.25, 0.3) is 0 Å². The van der Waals surface area contributed by atoms with Crippen molar-refractivity contribution in [1.29, 1.82) is 0 Å². The average Bonchev–Trinajstić information content (AvgIpc) is 2.76. The Kier molecular flexibility index (Phi) is 4.78. The number of imidazole rings is 1. The molecule has 102 valence electrons. The van der Waals surface area contributed by atoms with Crippen LogP contribution in [0.5, 0.6) is 0 Å². The normalized spacial score (nSPS) is 24.7. The molecule has 0 radical (unpaired) electrons. The molecule has 4 heteroatoms. The molecule has 2 rings (SSSR count). The molecule has 0 spiro atoms. The van der Waals surface area contributed by atoms with Crippen molar-refractivity contribution in [2.75, 3.05) is 20.1 Å². The zero-order valence-corrected chi connectivity index (χ0v) is 11.7. The van der Waals surface area contributed by atoms with Crippen LogP contribution in [0.1, 0.15) is 31.5 Å². The van der Waals surface area contributed by atoms with Gasteiger partial charge in [-0.2, -0.15) is 0 Å². The number of hydrogen-bond acceptors (Lipinski definition) is 3. The number of aromatic nitrogens is 2. The maximum atomic E-state index is 5.74. The summed E-state index contributed by atoms with van der Waals surface area (Å²) in [6.45, 7) is 3.00. The standard InChI is InChI=1S/C14H26N4/c1-17(11-14-16-7-8-18(14)2)10-13-5-3-12(9-15)4-6-13/h7-8,12-13H,3-6,9-11,15H2,1-2H3. The topological polar surface area (TPSA) is 47.1 Å². The summed E-state index contributed by atoms with van der Waals surface area (Å²) in [7, 11) is 4.26. The number of rotatable bonds is 5. The Morgan fingerprint density at radius 1 is 1.33 bits per heavy atom. The van der Waals surface area contributed by atoms with Crippen LogP contribution in [0.3, 0.4) is 0 Å². The SMILES string of the molecule is CN(Cc1nccn1C)CC1CCC(CN)CC1. The monoisotopic (exact) mass is 250 g/mol. The van der Waals surface area contributed by atoms with Crippen LogP contribution in [0, 0.1) is 11.8 Å². The van der Waals surface area contributed by atoms with Crippen LogP contribution in [-0.4, -0.2) is 34.6 Å². The highest BCUT2D eigenvalue weighted by molar-refractivity contribution is 4.90. The summed E-state index contributed by atoms with van der Waals surface area (Å²) < 4.78 is 2.10. The van der Waals surface area contributed by atoms with Gasteiger partial charge in [-0.05, 0) is 51.1 Å². The van der Waals surface area contributed by atoms with E-state index in [9.17, 15) is 0 Å². The molecule has 0 unspecified atom stereocenters. The van der Waals surface area contributed by atoms with Crippen LogP contribution in [0.2, 0.25) is 0 Å². The van der Waals surface area contributed by atoms with Crippen LogP contribution in [0.4, 0.5) is 0 Å². The van der Waals surface area contributed by atoms with Gasteiger partial charge in [0.05, 0.1) is 6.54 Å². The minimum absolute atomic E-state index is 0.779. The molecule has 4 nitrogen and oxygen atoms in total. The first kappa shape index (κ1) is 13.6. The zero-order valence-electron chi connectivity index (χ0n) is 11.7. The summed E-state index contributed by atoms with van der Waals surface area (Å²) in [5.41, 5.74) is 5.74. The third kappa shape index (κ3) is 3.56. The number of hydrogen-bond donors (Lipinski definition) is 1. The molecule has 0 bridgehead atoms. The van der Waals surface area contributed by atoms with Crippen molar-refractivity contribution >= 4 is 0 Å². The molecule has 1 saturated carbocycles. The molecule has 1 aliphatic carbocycles. The van der Waals surface area contributed by atoms with Crippen molar-refractivity contribution in [3.05, 3.63) is 18.2 Å². The summed E-state index contributed by atoms with van der Waals surface area (Å²) in [6, 6.07) is 0. The van der Waals surface area contributed by atoms with Crippen LogP contribution >= 0.6 is 0 Å². The number of nitrogens with zero attached hydrogens (tertiary/aromatic N) is 3. The van der Waals surface area contributed by atoms with E-state index in [0.717, 1.165) is 30.7 Å². The van der Waals surface area contributed by atoms with Gasteiger partial charge in [0.2, 0.25) is 0 Å². The van der Waals surface area contributed by atoms with Gasteiger partial charge in [0, 0.05) is 26.0 Å². The van der Waals surface area contributed by atoms with Gasteiger partial charge < -0.3 is 10.3 Å². The summed E-state index contributed by atoms with van der Waals surface area (Å²) in [4.78, 5) is 6.78. The molecule has 0 aromatic carbocycles. The van der Waals surface area contributed by atoms with Gasteiger partial charge in [-0.25, -0.2) is 4.98 Å². The van der Waals surface area contributed by atoms with Gasteiger partial charge >= 0.3 is 0 Å². The quantitative estimate of drug-likeness (QED) is 0.864. The Hall–Kier alpha value is -0.870. The molecule has 0 aliphatic heterocycles. The molecular formula is C14H26N4. The van der Waals surface area contributed by atoms with E-state index in [-0.39, 0.29) is 0 Å². The Balaban J connectivity index is 1.75. The first-order valence-corrected chi connectivity index (χ1v) is 7.04. The Morgan fingerprint density at radius 3 is 2.56 bits per heavy atom. The molecule has 0 atom stereocenters. The predicted octanol–water partition coefficient (Wildman–Crippen LogP) is 1.62. The Bertz CT molecular complexity index is 352. The smallest absolute Gasteiger partial charge is 0.122 e. The van der Waals surface area contributed by atoms with Gasteiger partial charge in [0.25, 0.3) is 0 Å². The fourth-order valence-corrected chi connectivity index (χ4v) is 2.95. The lowest BCUT2D eigenvalue weighted by atomic mass is 9.82. The molecule has 1 heterocycles. The fourth-order valence-electron chi connectivity index (χ4n) is 2.95. The van der Waals surface area contributed by atoms with Gasteiger partial charge in [0.15, 0.2) is 0 Å². The van der Waals surface area contributed by atoms with Crippen molar-refractivity contribution in [2.24, 2.45) is 24.6 Å². The molecule has 1 fully saturated rings. The second-order valence-corrected chi connectivity index (χ2v) is 5.77. The fraction of sp³-hybridized carbons (Fsp3) is 0.786. The molecule has 1 aromatic heterocycles. The van der Waals surface area contributed by atoms with Crippen molar-refractivity contribution in [3.8, 4) is 0 Å². The lowest BCUT2D eigenvalue weighted by Crippen LogP contribution is -2.30. The molecular weight excluding hydrogens is 224 g/mol. The molecule has 1 aromatic rings. The maximum Gasteiger partial charge on any atom is 0.122 e. The third-order valence-corrected chi connectivity index (χ3v) is 4.20. The van der Waals surface area contributed by atoms with E-state index in [1.165, 1.54) is 32.2 Å². The molecule has 2 N–H and O–H groups in total. The summed E-state index contributed by atoms with van der Waals surface area (Å²) in [6.07, 6.45) is 9.19. The Labute approximate surface area is 110 Å². The van der Waals surface area contributed by atoms with Crippen molar-refractivity contribution < 1.29 is 0 Å². The van der Waals surface area contributed by atoms with E-state index in [0.29, 0.717) is 0 Å². The van der Waals surface area contributed by atoms with E-state index >= 15 is 0 Å². The number of nitrogens with two attached hydrogens (primary N) is 1. The highest BCUT2D eigenvalue weighted by Crippen LogP contribution is 2.28. The summed E-state index contributed by atoms with van der Waals surface area (Å²) >= 11 is 0. The van der Waals surface area contributed by atoms with Crippen LogP contribution in [-0.2, 0) is 13.6 Å².